The van der Waals surface area contributed by atoms with Crippen LogP contribution in [0.25, 0.3) is 10.9 Å². The Labute approximate surface area is 87.6 Å². The number of hydrogen-bond acceptors (Lipinski definition) is 3. The van der Waals surface area contributed by atoms with E-state index < -0.39 is 5.92 Å². The molecule has 0 aliphatic carbocycles. The molecule has 0 bridgehead atoms. The lowest BCUT2D eigenvalue weighted by atomic mass is 9.98. The molecule has 0 radical (unpaired) electrons. The van der Waals surface area contributed by atoms with Crippen LogP contribution in [0.5, 0.6) is 0 Å². The molecule has 1 unspecified atom stereocenters. The van der Waals surface area contributed by atoms with E-state index in [2.05, 4.69) is 11.1 Å². The minimum Gasteiger partial charge on any atom is -0.395 e. The molecule has 2 aromatic rings. The molecular weight excluding hydrogens is 188 g/mol. The lowest BCUT2D eigenvalue weighted by Gasteiger charge is -2.08. The van der Waals surface area contributed by atoms with Gasteiger partial charge < -0.3 is 5.11 Å². The largest absolute Gasteiger partial charge is 0.395 e. The molecule has 1 aromatic heterocycles. The van der Waals surface area contributed by atoms with Crippen LogP contribution in [0.1, 0.15) is 11.5 Å². The van der Waals surface area contributed by atoms with E-state index in [1.807, 2.05) is 24.3 Å². The van der Waals surface area contributed by atoms with Gasteiger partial charge in [0.1, 0.15) is 0 Å². The SMILES string of the molecule is N#CC(CO)c1ccnc2ccccc12. The van der Waals surface area contributed by atoms with Crippen molar-refractivity contribution in [3.63, 3.8) is 0 Å². The Morgan fingerprint density at radius 1 is 1.33 bits per heavy atom. The van der Waals surface area contributed by atoms with Crippen LogP contribution in [0, 0.1) is 11.3 Å². The van der Waals surface area contributed by atoms with E-state index in [-0.39, 0.29) is 6.61 Å². The summed E-state index contributed by atoms with van der Waals surface area (Å²) in [4.78, 5) is 4.20. The lowest BCUT2D eigenvalue weighted by Crippen LogP contribution is -2.02. The molecule has 1 N–H and O–H groups in total. The van der Waals surface area contributed by atoms with E-state index in [1.165, 1.54) is 0 Å². The van der Waals surface area contributed by atoms with E-state index >= 15 is 0 Å². The highest BCUT2D eigenvalue weighted by molar-refractivity contribution is 5.82. The molecule has 2 rings (SSSR count). The number of benzene rings is 1. The number of rotatable bonds is 2. The topological polar surface area (TPSA) is 56.9 Å². The molecule has 0 aliphatic heterocycles. The molecule has 0 spiro atoms. The molecule has 15 heavy (non-hydrogen) atoms. The maximum absolute atomic E-state index is 9.10. The van der Waals surface area contributed by atoms with Crippen LogP contribution in [0.3, 0.4) is 0 Å². The van der Waals surface area contributed by atoms with Gasteiger partial charge in [0.2, 0.25) is 0 Å². The highest BCUT2D eigenvalue weighted by atomic mass is 16.3. The zero-order chi connectivity index (χ0) is 10.7. The molecule has 0 amide bonds. The first-order valence-electron chi connectivity index (χ1n) is 4.71. The summed E-state index contributed by atoms with van der Waals surface area (Å²) >= 11 is 0. The molecule has 3 heteroatoms. The Morgan fingerprint density at radius 3 is 2.87 bits per heavy atom. The number of aliphatic hydroxyl groups is 1. The van der Waals surface area contributed by atoms with Gasteiger partial charge in [0.15, 0.2) is 0 Å². The maximum atomic E-state index is 9.10. The van der Waals surface area contributed by atoms with Gasteiger partial charge in [0.05, 0.1) is 24.1 Å². The Balaban J connectivity index is 2.66. The number of para-hydroxylation sites is 1. The Hall–Kier alpha value is -1.92. The smallest absolute Gasteiger partial charge is 0.0950 e. The minimum absolute atomic E-state index is 0.162. The van der Waals surface area contributed by atoms with Gasteiger partial charge in [0.25, 0.3) is 0 Å². The van der Waals surface area contributed by atoms with Crippen molar-refractivity contribution in [2.24, 2.45) is 0 Å². The average molecular weight is 198 g/mol. The van der Waals surface area contributed by atoms with E-state index in [0.29, 0.717) is 0 Å². The van der Waals surface area contributed by atoms with Crippen LogP contribution in [0.2, 0.25) is 0 Å². The van der Waals surface area contributed by atoms with Crippen molar-refractivity contribution < 1.29 is 5.11 Å². The third kappa shape index (κ3) is 1.67. The van der Waals surface area contributed by atoms with Gasteiger partial charge in [-0.25, -0.2) is 0 Å². The Morgan fingerprint density at radius 2 is 2.13 bits per heavy atom. The first-order valence-corrected chi connectivity index (χ1v) is 4.71. The van der Waals surface area contributed by atoms with Gasteiger partial charge in [-0.1, -0.05) is 18.2 Å². The molecule has 0 saturated heterocycles. The normalized spacial score (nSPS) is 12.3. The molecule has 74 valence electrons. The summed E-state index contributed by atoms with van der Waals surface area (Å²) in [6, 6.07) is 11.5. The summed E-state index contributed by atoms with van der Waals surface area (Å²) in [6.45, 7) is -0.162. The molecule has 1 heterocycles. The molecule has 0 fully saturated rings. The molecule has 0 aliphatic rings. The number of nitrogens with zero attached hydrogens (tertiary/aromatic N) is 2. The summed E-state index contributed by atoms with van der Waals surface area (Å²) in [5, 5.41) is 18.9. The number of nitriles is 1. The van der Waals surface area contributed by atoms with Gasteiger partial charge in [-0.15, -0.1) is 0 Å². The second-order valence-corrected chi connectivity index (χ2v) is 3.28. The van der Waals surface area contributed by atoms with Crippen molar-refractivity contribution in [2.45, 2.75) is 5.92 Å². The number of aromatic nitrogens is 1. The third-order valence-corrected chi connectivity index (χ3v) is 2.40. The fourth-order valence-electron chi connectivity index (χ4n) is 1.63. The van der Waals surface area contributed by atoms with Gasteiger partial charge in [-0.3, -0.25) is 4.98 Å². The van der Waals surface area contributed by atoms with Gasteiger partial charge in [-0.2, -0.15) is 5.26 Å². The van der Waals surface area contributed by atoms with Gasteiger partial charge in [-0.05, 0) is 17.7 Å². The molecule has 1 aromatic carbocycles. The number of pyridine rings is 1. The van der Waals surface area contributed by atoms with Crippen LogP contribution >= 0.6 is 0 Å². The standard InChI is InChI=1S/C12H10N2O/c13-7-9(8-15)10-5-6-14-12-4-2-1-3-11(10)12/h1-6,9,15H,8H2. The molecule has 0 saturated carbocycles. The zero-order valence-electron chi connectivity index (χ0n) is 8.09. The van der Waals surface area contributed by atoms with Crippen LogP contribution in [0.4, 0.5) is 0 Å². The third-order valence-electron chi connectivity index (χ3n) is 2.40. The fraction of sp³-hybridized carbons (Fsp3) is 0.167. The van der Waals surface area contributed by atoms with Crippen LogP contribution < -0.4 is 0 Å². The van der Waals surface area contributed by atoms with E-state index in [4.69, 9.17) is 10.4 Å². The Bertz CT molecular complexity index is 511. The number of fused-ring (bicyclic) bond motifs is 1. The van der Waals surface area contributed by atoms with Crippen LogP contribution in [-0.4, -0.2) is 16.7 Å². The number of aliphatic hydroxyl groups excluding tert-OH is 1. The summed E-state index contributed by atoms with van der Waals surface area (Å²) in [5.74, 6) is -0.474. The number of hydrogen-bond donors (Lipinski definition) is 1. The average Bonchev–Trinajstić information content (AvgIpc) is 2.31. The van der Waals surface area contributed by atoms with E-state index in [9.17, 15) is 0 Å². The second-order valence-electron chi connectivity index (χ2n) is 3.28. The van der Waals surface area contributed by atoms with Crippen LogP contribution in [-0.2, 0) is 0 Å². The van der Waals surface area contributed by atoms with Crippen molar-refractivity contribution in [3.8, 4) is 6.07 Å². The monoisotopic (exact) mass is 198 g/mol. The summed E-state index contributed by atoms with van der Waals surface area (Å²) in [5.41, 5.74) is 1.69. The van der Waals surface area contributed by atoms with Crippen LogP contribution in [0.15, 0.2) is 36.5 Å². The lowest BCUT2D eigenvalue weighted by molar-refractivity contribution is 0.286. The van der Waals surface area contributed by atoms with E-state index in [1.54, 1.807) is 12.3 Å². The molecule has 3 nitrogen and oxygen atoms in total. The van der Waals surface area contributed by atoms with Crippen molar-refractivity contribution in [1.82, 2.24) is 4.98 Å². The van der Waals surface area contributed by atoms with Crippen molar-refractivity contribution in [2.75, 3.05) is 6.61 Å². The summed E-state index contributed by atoms with van der Waals surface area (Å²) < 4.78 is 0. The van der Waals surface area contributed by atoms with Gasteiger partial charge >= 0.3 is 0 Å². The van der Waals surface area contributed by atoms with Crippen molar-refractivity contribution in [1.29, 1.82) is 5.26 Å². The molecular formula is C12H10N2O. The fourth-order valence-corrected chi connectivity index (χ4v) is 1.63. The quantitative estimate of drug-likeness (QED) is 0.800. The maximum Gasteiger partial charge on any atom is 0.0950 e. The predicted octanol–water partition coefficient (Wildman–Crippen LogP) is 1.83. The summed E-state index contributed by atoms with van der Waals surface area (Å²) in [7, 11) is 0. The second kappa shape index (κ2) is 4.07. The first-order chi connectivity index (χ1) is 7.36. The minimum atomic E-state index is -0.474. The Kier molecular flexibility index (Phi) is 2.61. The van der Waals surface area contributed by atoms with E-state index in [0.717, 1.165) is 16.5 Å². The van der Waals surface area contributed by atoms with Crippen molar-refractivity contribution >= 4 is 10.9 Å². The first kappa shape index (κ1) is 9.63. The van der Waals surface area contributed by atoms with Crippen molar-refractivity contribution in [3.05, 3.63) is 42.1 Å². The summed E-state index contributed by atoms with van der Waals surface area (Å²) in [6.07, 6.45) is 1.66. The predicted molar refractivity (Wildman–Crippen MR) is 57.2 cm³/mol. The highest BCUT2D eigenvalue weighted by Crippen LogP contribution is 2.23. The molecule has 1 atom stereocenters. The highest BCUT2D eigenvalue weighted by Gasteiger charge is 2.12. The van der Waals surface area contributed by atoms with Gasteiger partial charge in [0, 0.05) is 11.6 Å². The zero-order valence-corrected chi connectivity index (χ0v) is 8.09.